The fraction of sp³-hybridized carbons (Fsp3) is 0.526. The van der Waals surface area contributed by atoms with Gasteiger partial charge in [-0.1, -0.05) is 36.4 Å². The largest absolute Gasteiger partial charge is 0.491 e. The van der Waals surface area contributed by atoms with Crippen molar-refractivity contribution in [2.45, 2.75) is 30.7 Å². The van der Waals surface area contributed by atoms with Crippen LogP contribution in [0, 0.1) is 0 Å². The molecule has 0 aliphatic carbocycles. The van der Waals surface area contributed by atoms with Crippen molar-refractivity contribution in [3.05, 3.63) is 60.7 Å². The van der Waals surface area contributed by atoms with E-state index in [0.717, 1.165) is 44.7 Å². The van der Waals surface area contributed by atoms with Crippen LogP contribution in [0.25, 0.3) is 33.3 Å². The van der Waals surface area contributed by atoms with Gasteiger partial charge in [0.25, 0.3) is 0 Å². The number of aromatic nitrogens is 2. The van der Waals surface area contributed by atoms with Crippen LogP contribution in [0.4, 0.5) is 5.69 Å². The zero-order chi connectivity index (χ0) is 38.1. The maximum absolute atomic E-state index is 9.94. The molecule has 1 aliphatic rings. The Hall–Kier alpha value is -3.36. The van der Waals surface area contributed by atoms with E-state index in [9.17, 15) is 20.4 Å². The number of aliphatic hydroxyl groups excluding tert-OH is 4. The molecular formula is C38H51N3O12S. The summed E-state index contributed by atoms with van der Waals surface area (Å²) in [5.41, 5.74) is 7.18. The Morgan fingerprint density at radius 1 is 0.593 bits per heavy atom. The number of benzene rings is 3. The van der Waals surface area contributed by atoms with Crippen molar-refractivity contribution < 1.29 is 58.3 Å². The van der Waals surface area contributed by atoms with Gasteiger partial charge in [0, 0.05) is 30.9 Å². The molecule has 0 saturated carbocycles. The summed E-state index contributed by atoms with van der Waals surface area (Å²) >= 11 is 1.22. The number of ether oxygens (including phenoxy) is 8. The first-order chi connectivity index (χ1) is 26.4. The molecule has 1 fully saturated rings. The van der Waals surface area contributed by atoms with E-state index in [2.05, 4.69) is 50.0 Å². The first kappa shape index (κ1) is 41.8. The molecule has 4 N–H and O–H groups in total. The van der Waals surface area contributed by atoms with E-state index in [1.807, 2.05) is 38.4 Å². The lowest BCUT2D eigenvalue weighted by Crippen LogP contribution is -2.59. The Balaban J connectivity index is 0.842. The average molecular weight is 774 g/mol. The Morgan fingerprint density at radius 3 is 1.54 bits per heavy atom. The van der Waals surface area contributed by atoms with Gasteiger partial charge in [-0.2, -0.15) is 8.75 Å². The van der Waals surface area contributed by atoms with Crippen molar-refractivity contribution in [1.29, 1.82) is 0 Å². The predicted octanol–water partition coefficient (Wildman–Crippen LogP) is 2.37. The fourth-order valence-corrected chi connectivity index (χ4v) is 6.20. The number of aliphatic hydroxyl groups is 4. The van der Waals surface area contributed by atoms with Crippen molar-refractivity contribution in [2.24, 2.45) is 0 Å². The zero-order valence-corrected chi connectivity index (χ0v) is 31.5. The summed E-state index contributed by atoms with van der Waals surface area (Å²) in [6.45, 7) is 3.94. The highest BCUT2D eigenvalue weighted by Crippen LogP contribution is 2.35. The number of rotatable bonds is 24. The molecule has 5 atom stereocenters. The van der Waals surface area contributed by atoms with Crippen molar-refractivity contribution in [3.63, 3.8) is 0 Å². The number of hydrogen-bond acceptors (Lipinski definition) is 16. The number of anilines is 1. The lowest BCUT2D eigenvalue weighted by molar-refractivity contribution is -0.302. The summed E-state index contributed by atoms with van der Waals surface area (Å²) in [6.07, 6.45) is -6.52. The molecule has 1 saturated heterocycles. The molecule has 0 unspecified atom stereocenters. The molecule has 0 amide bonds. The van der Waals surface area contributed by atoms with Crippen LogP contribution in [0.5, 0.6) is 5.75 Å². The second-order valence-electron chi connectivity index (χ2n) is 12.6. The molecule has 2 heterocycles. The van der Waals surface area contributed by atoms with Crippen LogP contribution in [-0.4, -0.2) is 160 Å². The summed E-state index contributed by atoms with van der Waals surface area (Å²) in [6, 6.07) is 20.6. The van der Waals surface area contributed by atoms with Gasteiger partial charge in [0.1, 0.15) is 47.8 Å². The summed E-state index contributed by atoms with van der Waals surface area (Å²) in [5.74, 6) is 0.761. The Kier molecular flexibility index (Phi) is 17.2. The van der Waals surface area contributed by atoms with Gasteiger partial charge < -0.3 is 63.2 Å². The summed E-state index contributed by atoms with van der Waals surface area (Å²) in [4.78, 5) is 2.08. The first-order valence-corrected chi connectivity index (χ1v) is 18.7. The topological polar surface area (TPSA) is 184 Å². The van der Waals surface area contributed by atoms with Crippen LogP contribution in [0.3, 0.4) is 0 Å². The average Bonchev–Trinajstić information content (AvgIpc) is 3.69. The van der Waals surface area contributed by atoms with Crippen LogP contribution in [-0.2, 0) is 33.2 Å². The van der Waals surface area contributed by atoms with Crippen LogP contribution in [0.2, 0.25) is 0 Å². The number of hydrogen-bond donors (Lipinski definition) is 4. The molecule has 15 nitrogen and oxygen atoms in total. The number of fused-ring (bicyclic) bond motifs is 1. The SMILES string of the molecule is CN(C)c1ccc(-c2ccc(-c3ccc(OCCOCCOCCOCCOCCOCCO[C@H]4O[C@H](CO)[C@@H](O)[C@H](O)[C@@H]4O)cc3)c3nsnc23)cc1. The minimum absolute atomic E-state index is 0.0840. The number of nitrogens with zero attached hydrogens (tertiary/aromatic N) is 3. The van der Waals surface area contributed by atoms with Gasteiger partial charge in [-0.3, -0.25) is 0 Å². The monoisotopic (exact) mass is 773 g/mol. The smallest absolute Gasteiger partial charge is 0.186 e. The summed E-state index contributed by atoms with van der Waals surface area (Å²) < 4.78 is 53.2. The highest BCUT2D eigenvalue weighted by molar-refractivity contribution is 7.00. The second-order valence-corrected chi connectivity index (χ2v) is 13.1. The molecule has 4 aromatic rings. The van der Waals surface area contributed by atoms with Crippen LogP contribution in [0.15, 0.2) is 60.7 Å². The van der Waals surface area contributed by atoms with Crippen LogP contribution < -0.4 is 9.64 Å². The maximum Gasteiger partial charge on any atom is 0.186 e. The molecule has 0 radical (unpaired) electrons. The Bertz CT molecular complexity index is 1640. The van der Waals surface area contributed by atoms with E-state index in [1.54, 1.807) is 0 Å². The van der Waals surface area contributed by atoms with Gasteiger partial charge in [0.05, 0.1) is 91.0 Å². The molecule has 1 aromatic heterocycles. The van der Waals surface area contributed by atoms with E-state index in [-0.39, 0.29) is 13.2 Å². The molecule has 16 heteroatoms. The van der Waals surface area contributed by atoms with Crippen molar-refractivity contribution >= 4 is 28.4 Å². The maximum atomic E-state index is 9.94. The van der Waals surface area contributed by atoms with E-state index in [0.29, 0.717) is 66.1 Å². The van der Waals surface area contributed by atoms with Gasteiger partial charge in [-0.15, -0.1) is 0 Å². The van der Waals surface area contributed by atoms with E-state index in [1.165, 1.54) is 11.7 Å². The van der Waals surface area contributed by atoms with E-state index >= 15 is 0 Å². The van der Waals surface area contributed by atoms with Crippen LogP contribution >= 0.6 is 11.7 Å². The van der Waals surface area contributed by atoms with Crippen LogP contribution in [0.1, 0.15) is 0 Å². The van der Waals surface area contributed by atoms with Gasteiger partial charge >= 0.3 is 0 Å². The standard InChI is InChI=1S/C38H51N3O12S/c1-41(2)28-7-3-26(4-8-28)30-11-12-31(34-33(30)39-54-40-34)27-5-9-29(10-6-27)51-23-21-49-19-17-47-15-13-46-14-16-48-18-20-50-22-24-52-38-37(45)36(44)35(43)32(25-42)53-38/h3-12,32,35-38,42-45H,13-25H2,1-2H3/t32-,35-,36+,37+,38+/m1/s1. The van der Waals surface area contributed by atoms with Crippen molar-refractivity contribution in [1.82, 2.24) is 8.75 Å². The Labute approximate surface area is 319 Å². The third-order valence-corrected chi connectivity index (χ3v) is 9.15. The second kappa shape index (κ2) is 22.3. The predicted molar refractivity (Wildman–Crippen MR) is 202 cm³/mol. The highest BCUT2D eigenvalue weighted by atomic mass is 32.1. The third-order valence-electron chi connectivity index (χ3n) is 8.62. The molecule has 3 aromatic carbocycles. The molecule has 0 spiro atoms. The van der Waals surface area contributed by atoms with Crippen molar-refractivity contribution in [2.75, 3.05) is 105 Å². The normalized spacial score (nSPS) is 20.1. The Morgan fingerprint density at radius 2 is 1.06 bits per heavy atom. The lowest BCUT2D eigenvalue weighted by atomic mass is 9.97. The van der Waals surface area contributed by atoms with Gasteiger partial charge in [-0.25, -0.2) is 0 Å². The zero-order valence-electron chi connectivity index (χ0n) is 30.7. The molecule has 5 rings (SSSR count). The summed E-state index contributed by atoms with van der Waals surface area (Å²) in [5, 5.41) is 38.7. The fourth-order valence-electron chi connectivity index (χ4n) is 5.63. The molecular weight excluding hydrogens is 722 g/mol. The quantitative estimate of drug-likeness (QED) is 0.0761. The van der Waals surface area contributed by atoms with E-state index in [4.69, 9.17) is 37.9 Å². The first-order valence-electron chi connectivity index (χ1n) is 17.9. The van der Waals surface area contributed by atoms with Gasteiger partial charge in [0.15, 0.2) is 6.29 Å². The molecule has 54 heavy (non-hydrogen) atoms. The molecule has 0 bridgehead atoms. The highest BCUT2D eigenvalue weighted by Gasteiger charge is 2.43. The third kappa shape index (κ3) is 12.1. The molecule has 296 valence electrons. The van der Waals surface area contributed by atoms with E-state index < -0.39 is 37.3 Å². The summed E-state index contributed by atoms with van der Waals surface area (Å²) in [7, 11) is 4.06. The van der Waals surface area contributed by atoms with Gasteiger partial charge in [0.2, 0.25) is 0 Å². The minimum atomic E-state index is -1.48. The lowest BCUT2D eigenvalue weighted by Gasteiger charge is -2.39. The van der Waals surface area contributed by atoms with Gasteiger partial charge in [-0.05, 0) is 35.4 Å². The van der Waals surface area contributed by atoms with Crippen molar-refractivity contribution in [3.8, 4) is 28.0 Å². The molecule has 1 aliphatic heterocycles. The minimum Gasteiger partial charge on any atom is -0.491 e.